The van der Waals surface area contributed by atoms with Gasteiger partial charge in [0, 0.05) is 17.7 Å². The van der Waals surface area contributed by atoms with Gasteiger partial charge in [-0.3, -0.25) is 35.8 Å². The molecule has 0 saturated carbocycles. The first kappa shape index (κ1) is 24.7. The van der Waals surface area contributed by atoms with Crippen molar-refractivity contribution in [3.8, 4) is 5.75 Å². The van der Waals surface area contributed by atoms with Crippen LogP contribution in [-0.4, -0.2) is 29.4 Å². The summed E-state index contributed by atoms with van der Waals surface area (Å²) in [5.74, 6) is -0.0654. The summed E-state index contributed by atoms with van der Waals surface area (Å²) in [6.07, 6.45) is 1.27. The number of non-ortho nitro benzene ring substituents is 1. The summed E-state index contributed by atoms with van der Waals surface area (Å²) in [6, 6.07) is 12.0. The molecule has 1 N–H and O–H groups in total. The molecule has 0 aliphatic rings. The predicted molar refractivity (Wildman–Crippen MR) is 123 cm³/mol. The van der Waals surface area contributed by atoms with E-state index in [1.807, 2.05) is 0 Å². The maximum absolute atomic E-state index is 12.5. The van der Waals surface area contributed by atoms with E-state index in [-0.39, 0.29) is 22.0 Å². The highest BCUT2D eigenvalue weighted by atomic mass is 32.2. The van der Waals surface area contributed by atoms with Crippen LogP contribution in [0.4, 0.5) is 22.7 Å². The molecular formula is C20H15N5O9S. The molecule has 14 nitrogen and oxygen atoms in total. The summed E-state index contributed by atoms with van der Waals surface area (Å²) in [4.78, 5) is 30.4. The Morgan fingerprint density at radius 3 is 2.11 bits per heavy atom. The average Bonchev–Trinajstić information content (AvgIpc) is 2.79. The molecule has 0 bridgehead atoms. The van der Waals surface area contributed by atoms with E-state index in [2.05, 4.69) is 10.5 Å². The minimum atomic E-state index is -4.34. The Kier molecular flexibility index (Phi) is 7.00. The number of nitrogens with zero attached hydrogens (tertiary/aromatic N) is 4. The lowest BCUT2D eigenvalue weighted by Crippen LogP contribution is -2.10. The van der Waals surface area contributed by atoms with Crippen LogP contribution in [0.2, 0.25) is 0 Å². The minimum absolute atomic E-state index is 0.0654. The van der Waals surface area contributed by atoms with Crippen LogP contribution < -0.4 is 9.61 Å². The van der Waals surface area contributed by atoms with E-state index in [9.17, 15) is 38.8 Å². The molecule has 3 rings (SSSR count). The van der Waals surface area contributed by atoms with Crippen molar-refractivity contribution in [2.45, 2.75) is 11.8 Å². The molecule has 0 heterocycles. The predicted octanol–water partition coefficient (Wildman–Crippen LogP) is 3.93. The lowest BCUT2D eigenvalue weighted by atomic mass is 10.2. The number of rotatable bonds is 9. The quantitative estimate of drug-likeness (QED) is 0.194. The summed E-state index contributed by atoms with van der Waals surface area (Å²) in [6.45, 7) is 1.48. The number of hydrazone groups is 1. The van der Waals surface area contributed by atoms with Gasteiger partial charge in [-0.1, -0.05) is 6.07 Å². The molecule has 0 fully saturated rings. The van der Waals surface area contributed by atoms with Gasteiger partial charge in [-0.05, 0) is 48.9 Å². The van der Waals surface area contributed by atoms with E-state index in [1.165, 1.54) is 49.5 Å². The molecule has 0 spiro atoms. The van der Waals surface area contributed by atoms with Gasteiger partial charge in [-0.25, -0.2) is 0 Å². The van der Waals surface area contributed by atoms with Crippen molar-refractivity contribution in [2.75, 3.05) is 5.43 Å². The number of nitro groups is 3. The molecule has 15 heteroatoms. The van der Waals surface area contributed by atoms with E-state index >= 15 is 0 Å². The van der Waals surface area contributed by atoms with Gasteiger partial charge in [0.2, 0.25) is 0 Å². The van der Waals surface area contributed by atoms with E-state index in [0.29, 0.717) is 11.1 Å². The summed E-state index contributed by atoms with van der Waals surface area (Å²) >= 11 is 0. The lowest BCUT2D eigenvalue weighted by molar-refractivity contribution is -0.393. The molecule has 0 amide bonds. The Labute approximate surface area is 197 Å². The van der Waals surface area contributed by atoms with Crippen LogP contribution in [0.5, 0.6) is 5.75 Å². The molecule has 180 valence electrons. The third-order valence-corrected chi connectivity index (χ3v) is 5.78. The van der Waals surface area contributed by atoms with Gasteiger partial charge < -0.3 is 4.18 Å². The molecule has 0 saturated heterocycles. The fraction of sp³-hybridized carbons (Fsp3) is 0.0500. The molecule has 0 radical (unpaired) electrons. The van der Waals surface area contributed by atoms with Crippen LogP contribution in [0.25, 0.3) is 0 Å². The number of hydrogen-bond acceptors (Lipinski definition) is 11. The zero-order valence-electron chi connectivity index (χ0n) is 17.7. The van der Waals surface area contributed by atoms with Crippen molar-refractivity contribution in [3.05, 3.63) is 102 Å². The first-order valence-electron chi connectivity index (χ1n) is 9.49. The Hall–Kier alpha value is -4.92. The maximum atomic E-state index is 12.5. The third kappa shape index (κ3) is 5.91. The normalized spacial score (nSPS) is 11.2. The SMILES string of the molecule is Cc1ccc(S(=O)(=O)Oc2ccc(/C=N\Nc3ccc([N+](=O)[O-])cc3[N+](=O)[O-])cc2)cc1[N+](=O)[O-]. The summed E-state index contributed by atoms with van der Waals surface area (Å²) in [7, 11) is -4.34. The molecule has 0 aromatic heterocycles. The molecule has 3 aromatic rings. The Morgan fingerprint density at radius 2 is 1.51 bits per heavy atom. The van der Waals surface area contributed by atoms with Crippen molar-refractivity contribution in [1.82, 2.24) is 0 Å². The summed E-state index contributed by atoms with van der Waals surface area (Å²) in [5, 5.41) is 36.8. The fourth-order valence-electron chi connectivity index (χ4n) is 2.78. The van der Waals surface area contributed by atoms with Gasteiger partial charge in [0.25, 0.3) is 11.4 Å². The van der Waals surface area contributed by atoms with Gasteiger partial charge in [-0.15, -0.1) is 0 Å². The highest BCUT2D eigenvalue weighted by molar-refractivity contribution is 7.87. The van der Waals surface area contributed by atoms with Crippen LogP contribution >= 0.6 is 0 Å². The largest absolute Gasteiger partial charge is 0.379 e. The van der Waals surface area contributed by atoms with Crippen LogP contribution in [0.15, 0.2) is 70.7 Å². The van der Waals surface area contributed by atoms with Crippen molar-refractivity contribution < 1.29 is 27.4 Å². The van der Waals surface area contributed by atoms with E-state index < -0.39 is 36.3 Å². The van der Waals surface area contributed by atoms with Crippen molar-refractivity contribution in [3.63, 3.8) is 0 Å². The zero-order valence-corrected chi connectivity index (χ0v) is 18.5. The summed E-state index contributed by atoms with van der Waals surface area (Å²) in [5.41, 5.74) is 1.76. The smallest absolute Gasteiger partial charge is 0.339 e. The molecule has 0 atom stereocenters. The molecule has 35 heavy (non-hydrogen) atoms. The second-order valence-corrected chi connectivity index (χ2v) is 8.44. The van der Waals surface area contributed by atoms with Gasteiger partial charge in [-0.2, -0.15) is 13.5 Å². The Bertz CT molecular complexity index is 1450. The van der Waals surface area contributed by atoms with Gasteiger partial charge >= 0.3 is 15.8 Å². The fourth-order valence-corrected chi connectivity index (χ4v) is 3.73. The van der Waals surface area contributed by atoms with Crippen LogP contribution in [0, 0.1) is 37.3 Å². The van der Waals surface area contributed by atoms with Crippen LogP contribution in [0.3, 0.4) is 0 Å². The first-order chi connectivity index (χ1) is 16.5. The van der Waals surface area contributed by atoms with Crippen molar-refractivity contribution >= 4 is 39.1 Å². The number of benzene rings is 3. The second kappa shape index (κ2) is 9.92. The number of aryl methyl sites for hydroxylation is 1. The second-order valence-electron chi connectivity index (χ2n) is 6.90. The van der Waals surface area contributed by atoms with Gasteiger partial charge in [0.15, 0.2) is 0 Å². The highest BCUT2D eigenvalue weighted by Gasteiger charge is 2.22. The lowest BCUT2D eigenvalue weighted by Gasteiger charge is -2.08. The van der Waals surface area contributed by atoms with Gasteiger partial charge in [0.1, 0.15) is 16.3 Å². The molecule has 0 unspecified atom stereocenters. The molecular weight excluding hydrogens is 486 g/mol. The number of nitro benzene ring substituents is 3. The monoisotopic (exact) mass is 501 g/mol. The first-order valence-corrected chi connectivity index (χ1v) is 10.9. The number of anilines is 1. The molecule has 0 aliphatic carbocycles. The topological polar surface area (TPSA) is 197 Å². The third-order valence-electron chi connectivity index (χ3n) is 4.54. The average molecular weight is 501 g/mol. The zero-order chi connectivity index (χ0) is 25.8. The highest BCUT2D eigenvalue weighted by Crippen LogP contribution is 2.29. The number of hydrogen-bond donors (Lipinski definition) is 1. The minimum Gasteiger partial charge on any atom is -0.379 e. The van der Waals surface area contributed by atoms with Crippen molar-refractivity contribution in [1.29, 1.82) is 0 Å². The standard InChI is InChI=1S/C20H15N5O9S/c1-13-2-8-17(11-19(13)24(28)29)35(32,33)34-16-6-3-14(4-7-16)12-21-22-18-9-5-15(23(26)27)10-20(18)25(30)31/h2-12,22H,1H3/b21-12-. The van der Waals surface area contributed by atoms with Gasteiger partial charge in [0.05, 0.1) is 27.1 Å². The molecule has 3 aromatic carbocycles. The van der Waals surface area contributed by atoms with Crippen molar-refractivity contribution in [2.24, 2.45) is 5.10 Å². The van der Waals surface area contributed by atoms with Crippen LogP contribution in [0.1, 0.15) is 11.1 Å². The van der Waals surface area contributed by atoms with E-state index in [0.717, 1.165) is 24.3 Å². The van der Waals surface area contributed by atoms with E-state index in [4.69, 9.17) is 4.18 Å². The van der Waals surface area contributed by atoms with Crippen LogP contribution in [-0.2, 0) is 10.1 Å². The molecule has 0 aliphatic heterocycles. The Morgan fingerprint density at radius 1 is 0.857 bits per heavy atom. The maximum Gasteiger partial charge on any atom is 0.339 e. The Balaban J connectivity index is 1.72. The number of nitrogens with one attached hydrogen (secondary N) is 1. The van der Waals surface area contributed by atoms with E-state index in [1.54, 1.807) is 0 Å². The summed E-state index contributed by atoms with van der Waals surface area (Å²) < 4.78 is 30.0.